The van der Waals surface area contributed by atoms with E-state index in [-0.39, 0.29) is 36.2 Å². The van der Waals surface area contributed by atoms with Gasteiger partial charge in [-0.3, -0.25) is 9.59 Å². The van der Waals surface area contributed by atoms with E-state index in [4.69, 9.17) is 21.1 Å². The monoisotopic (exact) mass is 489 g/mol. The highest BCUT2D eigenvalue weighted by Gasteiger charge is 2.53. The van der Waals surface area contributed by atoms with Crippen LogP contribution >= 0.6 is 11.6 Å². The molecule has 1 fully saturated rings. The maximum atomic E-state index is 12.9. The molecule has 2 radical (unpaired) electrons. The van der Waals surface area contributed by atoms with Crippen LogP contribution in [-0.4, -0.2) is 53.8 Å². The van der Waals surface area contributed by atoms with E-state index in [0.717, 1.165) is 24.0 Å². The molecular formula is C27H36ClNO5. The van der Waals surface area contributed by atoms with Gasteiger partial charge in [-0.05, 0) is 54.7 Å². The summed E-state index contributed by atoms with van der Waals surface area (Å²) in [6.45, 7) is 8.33. The van der Waals surface area contributed by atoms with Crippen molar-refractivity contribution in [1.82, 2.24) is 4.90 Å². The Hall–Kier alpha value is -1.89. The van der Waals surface area contributed by atoms with Gasteiger partial charge < -0.3 is 19.5 Å². The van der Waals surface area contributed by atoms with Crippen LogP contribution in [0.15, 0.2) is 35.9 Å². The van der Waals surface area contributed by atoms with Gasteiger partial charge in [0.25, 0.3) is 0 Å². The highest BCUT2D eigenvalue weighted by Crippen LogP contribution is 2.50. The first-order valence-electron chi connectivity index (χ1n) is 11.9. The minimum Gasteiger partial charge on any atom is -0.457 e. The summed E-state index contributed by atoms with van der Waals surface area (Å²) in [7, 11) is 1.51. The van der Waals surface area contributed by atoms with Crippen LogP contribution in [0.5, 0.6) is 0 Å². The minimum atomic E-state index is -1.19. The van der Waals surface area contributed by atoms with Crippen molar-refractivity contribution in [3.8, 4) is 0 Å². The summed E-state index contributed by atoms with van der Waals surface area (Å²) in [5, 5.41) is 12.3. The summed E-state index contributed by atoms with van der Waals surface area (Å²) in [5.74, 6) is -0.449. The molecule has 0 bridgehead atoms. The van der Waals surface area contributed by atoms with Gasteiger partial charge in [0.1, 0.15) is 12.7 Å². The number of ether oxygens (including phenoxy) is 2. The van der Waals surface area contributed by atoms with Crippen LogP contribution in [0.1, 0.15) is 46.1 Å². The molecule has 0 spiro atoms. The molecule has 1 amide bonds. The SMILES string of the molecule is COCC(=O)N(Cc1ccccc1Cl)C[C@@H](C)[C@@H]1CC[C@@H](C)[C@]2(O)[C][C@@H](OC(C)=O)C(C)=C[C@H]12. The number of hydrogen-bond donors (Lipinski definition) is 1. The van der Waals surface area contributed by atoms with E-state index in [1.54, 1.807) is 4.90 Å². The molecule has 0 unspecified atom stereocenters. The Kier molecular flexibility index (Phi) is 8.82. The van der Waals surface area contributed by atoms with Crippen LogP contribution in [0.2, 0.25) is 5.02 Å². The largest absolute Gasteiger partial charge is 0.457 e. The number of halogens is 1. The predicted molar refractivity (Wildman–Crippen MR) is 131 cm³/mol. The van der Waals surface area contributed by atoms with Crippen molar-refractivity contribution in [2.45, 2.75) is 58.8 Å². The number of amides is 1. The molecule has 0 saturated heterocycles. The Labute approximate surface area is 208 Å². The number of hydrogen-bond acceptors (Lipinski definition) is 5. The zero-order valence-corrected chi connectivity index (χ0v) is 21.5. The second kappa shape index (κ2) is 11.2. The van der Waals surface area contributed by atoms with Crippen molar-refractivity contribution in [2.75, 3.05) is 20.3 Å². The zero-order valence-electron chi connectivity index (χ0n) is 20.7. The number of fused-ring (bicyclic) bond motifs is 1. The third-order valence-corrected chi connectivity index (χ3v) is 7.70. The molecule has 1 saturated carbocycles. The molecule has 7 heteroatoms. The predicted octanol–water partition coefficient (Wildman–Crippen LogP) is 4.32. The van der Waals surface area contributed by atoms with Gasteiger partial charge in [-0.15, -0.1) is 0 Å². The normalized spacial score (nSPS) is 29.6. The molecule has 1 aromatic rings. The lowest BCUT2D eigenvalue weighted by Gasteiger charge is -2.52. The molecule has 2 aliphatic carbocycles. The number of carbonyl (C=O) groups is 2. The van der Waals surface area contributed by atoms with Gasteiger partial charge in [0.05, 0.1) is 12.0 Å². The quantitative estimate of drug-likeness (QED) is 0.435. The zero-order chi connectivity index (χ0) is 25.0. The van der Waals surface area contributed by atoms with Crippen molar-refractivity contribution in [3.63, 3.8) is 0 Å². The first-order chi connectivity index (χ1) is 16.1. The number of carbonyl (C=O) groups excluding carboxylic acids is 2. The topological polar surface area (TPSA) is 76.1 Å². The molecule has 34 heavy (non-hydrogen) atoms. The molecule has 1 aromatic carbocycles. The lowest BCUT2D eigenvalue weighted by atomic mass is 9.57. The van der Waals surface area contributed by atoms with Gasteiger partial charge in [0.15, 0.2) is 0 Å². The summed E-state index contributed by atoms with van der Waals surface area (Å²) >= 11 is 6.37. The number of aliphatic hydroxyl groups is 1. The van der Waals surface area contributed by atoms with Crippen molar-refractivity contribution in [3.05, 3.63) is 52.9 Å². The van der Waals surface area contributed by atoms with Crippen molar-refractivity contribution in [1.29, 1.82) is 0 Å². The van der Waals surface area contributed by atoms with E-state index in [9.17, 15) is 14.7 Å². The summed E-state index contributed by atoms with van der Waals surface area (Å²) in [6.07, 6.45) is 6.38. The van der Waals surface area contributed by atoms with Gasteiger partial charge >= 0.3 is 5.97 Å². The molecule has 186 valence electrons. The van der Waals surface area contributed by atoms with Crippen molar-refractivity contribution >= 4 is 23.5 Å². The third kappa shape index (κ3) is 5.84. The Morgan fingerprint density at radius 2 is 2.03 bits per heavy atom. The highest BCUT2D eigenvalue weighted by atomic mass is 35.5. The molecule has 6 nitrogen and oxygen atoms in total. The highest BCUT2D eigenvalue weighted by molar-refractivity contribution is 6.31. The van der Waals surface area contributed by atoms with Gasteiger partial charge in [0.2, 0.25) is 5.91 Å². The van der Waals surface area contributed by atoms with Gasteiger partial charge in [0, 0.05) is 38.1 Å². The molecule has 0 aliphatic heterocycles. The van der Waals surface area contributed by atoms with Crippen LogP contribution in [0.25, 0.3) is 0 Å². The number of esters is 1. The van der Waals surface area contributed by atoms with Gasteiger partial charge in [-0.25, -0.2) is 0 Å². The Morgan fingerprint density at radius 3 is 2.68 bits per heavy atom. The molecule has 2 aliphatic rings. The van der Waals surface area contributed by atoms with E-state index in [0.29, 0.717) is 18.1 Å². The summed E-state index contributed by atoms with van der Waals surface area (Å²) in [5.41, 5.74) is 0.564. The first kappa shape index (κ1) is 26.7. The maximum Gasteiger partial charge on any atom is 0.303 e. The van der Waals surface area contributed by atoms with E-state index >= 15 is 0 Å². The van der Waals surface area contributed by atoms with Crippen LogP contribution in [0, 0.1) is 30.1 Å². The molecule has 6 atom stereocenters. The molecule has 3 rings (SSSR count). The number of methoxy groups -OCH3 is 1. The van der Waals surface area contributed by atoms with Gasteiger partial charge in [-0.2, -0.15) is 0 Å². The van der Waals surface area contributed by atoms with E-state index < -0.39 is 17.7 Å². The van der Waals surface area contributed by atoms with E-state index in [1.165, 1.54) is 14.0 Å². The van der Waals surface area contributed by atoms with E-state index in [1.807, 2.05) is 38.1 Å². The summed E-state index contributed by atoms with van der Waals surface area (Å²) < 4.78 is 10.5. The van der Waals surface area contributed by atoms with Crippen LogP contribution in [-0.2, 0) is 25.6 Å². The third-order valence-electron chi connectivity index (χ3n) is 7.33. The average molecular weight is 490 g/mol. The second-order valence-corrected chi connectivity index (χ2v) is 10.2. The number of nitrogens with zero attached hydrogens (tertiary/aromatic N) is 1. The molecule has 0 aromatic heterocycles. The minimum absolute atomic E-state index is 0.00310. The van der Waals surface area contributed by atoms with Crippen LogP contribution in [0.3, 0.4) is 0 Å². The first-order valence-corrected chi connectivity index (χ1v) is 12.3. The Morgan fingerprint density at radius 1 is 1.32 bits per heavy atom. The van der Waals surface area contributed by atoms with E-state index in [2.05, 4.69) is 19.4 Å². The van der Waals surface area contributed by atoms with Crippen molar-refractivity contribution < 1.29 is 24.2 Å². The van der Waals surface area contributed by atoms with Crippen molar-refractivity contribution in [2.24, 2.45) is 23.7 Å². The fourth-order valence-corrected chi connectivity index (χ4v) is 5.59. The summed E-state index contributed by atoms with van der Waals surface area (Å²) in [6, 6.07) is 7.52. The average Bonchev–Trinajstić information content (AvgIpc) is 2.77. The standard InChI is InChI=1S/C27H36ClNO5/c1-17-12-23-22(11-10-19(3)27(23,32)13-25(17)34-20(4)30)18(2)14-29(26(31)16-33-5)15-21-8-6-7-9-24(21)28/h6-9,12,18-19,22-23,25,32H,10-11,14-16H2,1-5H3/t18-,19-,22+,23-,25-,27-/m1/s1. The fraction of sp³-hybridized carbons (Fsp3) is 0.593. The lowest BCUT2D eigenvalue weighted by Crippen LogP contribution is -2.56. The fourth-order valence-electron chi connectivity index (χ4n) is 5.39. The Bertz CT molecular complexity index is 918. The molecule has 0 heterocycles. The number of rotatable bonds is 8. The van der Waals surface area contributed by atoms with Crippen LogP contribution < -0.4 is 0 Å². The van der Waals surface area contributed by atoms with Gasteiger partial charge in [-0.1, -0.05) is 49.7 Å². The lowest BCUT2D eigenvalue weighted by molar-refractivity contribution is -0.148. The molecule has 1 N–H and O–H groups in total. The Balaban J connectivity index is 1.84. The second-order valence-electron chi connectivity index (χ2n) is 9.81. The summed E-state index contributed by atoms with van der Waals surface area (Å²) in [4.78, 5) is 26.3. The molecular weight excluding hydrogens is 454 g/mol. The number of benzene rings is 1. The maximum absolute atomic E-state index is 12.9. The smallest absolute Gasteiger partial charge is 0.303 e. The van der Waals surface area contributed by atoms with Crippen LogP contribution in [0.4, 0.5) is 0 Å².